The summed E-state index contributed by atoms with van der Waals surface area (Å²) in [7, 11) is 0. The van der Waals surface area contributed by atoms with Crippen molar-refractivity contribution in [2.75, 3.05) is 24.5 Å². The Balaban J connectivity index is 2.17. The summed E-state index contributed by atoms with van der Waals surface area (Å²) in [6, 6.07) is 4.97. The van der Waals surface area contributed by atoms with Crippen LogP contribution in [0.25, 0.3) is 0 Å². The van der Waals surface area contributed by atoms with Gasteiger partial charge in [-0.15, -0.1) is 0 Å². The minimum Gasteiger partial charge on any atom is -0.367 e. The largest absolute Gasteiger partial charge is 0.367 e. The average molecular weight is 219 g/mol. The van der Waals surface area contributed by atoms with Gasteiger partial charge < -0.3 is 10.2 Å². The summed E-state index contributed by atoms with van der Waals surface area (Å²) < 4.78 is 0. The lowest BCUT2D eigenvalue weighted by molar-refractivity contribution is 0.625. The predicted molar refractivity (Wildman–Crippen MR) is 67.9 cm³/mol. The summed E-state index contributed by atoms with van der Waals surface area (Å²) in [5.41, 5.74) is 2.42. The maximum absolute atomic E-state index is 4.27. The van der Waals surface area contributed by atoms with Crippen molar-refractivity contribution in [3.05, 3.63) is 24.0 Å². The van der Waals surface area contributed by atoms with Crippen LogP contribution in [0.3, 0.4) is 0 Å². The molecule has 1 saturated heterocycles. The molecule has 88 valence electrons. The van der Waals surface area contributed by atoms with Crippen molar-refractivity contribution < 1.29 is 0 Å². The molecule has 0 bridgehead atoms. The first-order valence-electron chi connectivity index (χ1n) is 6.21. The normalized spacial score (nSPS) is 20.0. The SMILES string of the molecule is CCCN(c1ccnc(C)c1)C1CCNC1. The molecule has 0 aromatic carbocycles. The van der Waals surface area contributed by atoms with E-state index in [1.54, 1.807) is 0 Å². The zero-order chi connectivity index (χ0) is 11.4. The molecule has 0 aliphatic carbocycles. The minimum absolute atomic E-state index is 0.654. The molecule has 0 amide bonds. The molecule has 1 unspecified atom stereocenters. The summed E-state index contributed by atoms with van der Waals surface area (Å²) in [4.78, 5) is 6.79. The van der Waals surface area contributed by atoms with E-state index in [4.69, 9.17) is 0 Å². The van der Waals surface area contributed by atoms with E-state index in [0.717, 1.165) is 25.3 Å². The van der Waals surface area contributed by atoms with Crippen molar-refractivity contribution in [1.82, 2.24) is 10.3 Å². The third-order valence-electron chi connectivity index (χ3n) is 3.15. The molecular formula is C13H21N3. The predicted octanol–water partition coefficient (Wildman–Crippen LogP) is 1.97. The Hall–Kier alpha value is -1.09. The van der Waals surface area contributed by atoms with Crippen LogP contribution in [-0.4, -0.2) is 30.7 Å². The molecule has 0 spiro atoms. The molecule has 1 atom stereocenters. The van der Waals surface area contributed by atoms with Gasteiger partial charge in [-0.25, -0.2) is 0 Å². The molecule has 3 nitrogen and oxygen atoms in total. The standard InChI is InChI=1S/C13H21N3/c1-3-8-16(13-4-6-14-10-13)12-5-7-15-11(2)9-12/h5,7,9,13-14H,3-4,6,8,10H2,1-2H3. The highest BCUT2D eigenvalue weighted by Gasteiger charge is 2.21. The number of aryl methyl sites for hydroxylation is 1. The number of nitrogens with one attached hydrogen (secondary N) is 1. The molecule has 1 N–H and O–H groups in total. The quantitative estimate of drug-likeness (QED) is 0.839. The van der Waals surface area contributed by atoms with Gasteiger partial charge in [-0.3, -0.25) is 4.98 Å². The smallest absolute Gasteiger partial charge is 0.0426 e. The highest BCUT2D eigenvalue weighted by atomic mass is 15.2. The van der Waals surface area contributed by atoms with Crippen LogP contribution in [0, 0.1) is 6.92 Å². The van der Waals surface area contributed by atoms with Crippen LogP contribution in [0.5, 0.6) is 0 Å². The van der Waals surface area contributed by atoms with Crippen LogP contribution in [0.4, 0.5) is 5.69 Å². The Labute approximate surface area is 97.9 Å². The monoisotopic (exact) mass is 219 g/mol. The molecule has 1 aliphatic heterocycles. The lowest BCUT2D eigenvalue weighted by Crippen LogP contribution is -2.37. The number of aromatic nitrogens is 1. The van der Waals surface area contributed by atoms with Gasteiger partial charge >= 0.3 is 0 Å². The Morgan fingerprint density at radius 1 is 1.56 bits per heavy atom. The van der Waals surface area contributed by atoms with Crippen LogP contribution in [0.1, 0.15) is 25.5 Å². The highest BCUT2D eigenvalue weighted by molar-refractivity contribution is 5.47. The van der Waals surface area contributed by atoms with Gasteiger partial charge in [0.05, 0.1) is 0 Å². The van der Waals surface area contributed by atoms with Crippen molar-refractivity contribution >= 4 is 5.69 Å². The summed E-state index contributed by atoms with van der Waals surface area (Å²) in [5, 5.41) is 3.44. The number of nitrogens with zero attached hydrogens (tertiary/aromatic N) is 2. The van der Waals surface area contributed by atoms with Crippen molar-refractivity contribution in [3.63, 3.8) is 0 Å². The maximum Gasteiger partial charge on any atom is 0.0426 e. The second-order valence-corrected chi connectivity index (χ2v) is 4.50. The number of anilines is 1. The summed E-state index contributed by atoms with van der Waals surface area (Å²) in [5.74, 6) is 0. The minimum atomic E-state index is 0.654. The number of hydrogen-bond acceptors (Lipinski definition) is 3. The van der Waals surface area contributed by atoms with E-state index >= 15 is 0 Å². The van der Waals surface area contributed by atoms with Gasteiger partial charge in [0.15, 0.2) is 0 Å². The Morgan fingerprint density at radius 3 is 3.06 bits per heavy atom. The van der Waals surface area contributed by atoms with Gasteiger partial charge in [-0.2, -0.15) is 0 Å². The molecule has 2 heterocycles. The van der Waals surface area contributed by atoms with Crippen molar-refractivity contribution in [3.8, 4) is 0 Å². The van der Waals surface area contributed by atoms with Gasteiger partial charge in [0, 0.05) is 36.7 Å². The third kappa shape index (κ3) is 2.53. The van der Waals surface area contributed by atoms with Gasteiger partial charge in [0.2, 0.25) is 0 Å². The van der Waals surface area contributed by atoms with E-state index in [1.807, 2.05) is 6.20 Å². The lowest BCUT2D eigenvalue weighted by Gasteiger charge is -2.30. The van der Waals surface area contributed by atoms with Crippen LogP contribution in [-0.2, 0) is 0 Å². The number of rotatable bonds is 4. The van der Waals surface area contributed by atoms with Gasteiger partial charge in [-0.1, -0.05) is 6.92 Å². The maximum atomic E-state index is 4.27. The van der Waals surface area contributed by atoms with Crippen molar-refractivity contribution in [1.29, 1.82) is 0 Å². The van der Waals surface area contributed by atoms with Gasteiger partial charge in [0.1, 0.15) is 0 Å². The van der Waals surface area contributed by atoms with Crippen LogP contribution in [0.2, 0.25) is 0 Å². The van der Waals surface area contributed by atoms with Crippen molar-refractivity contribution in [2.45, 2.75) is 32.7 Å². The van der Waals surface area contributed by atoms with Crippen molar-refractivity contribution in [2.24, 2.45) is 0 Å². The zero-order valence-electron chi connectivity index (χ0n) is 10.2. The Kier molecular flexibility index (Phi) is 3.78. The number of hydrogen-bond donors (Lipinski definition) is 1. The fourth-order valence-corrected chi connectivity index (χ4v) is 2.38. The van der Waals surface area contributed by atoms with Crippen LogP contribution >= 0.6 is 0 Å². The van der Waals surface area contributed by atoms with Crippen LogP contribution in [0.15, 0.2) is 18.3 Å². The molecule has 1 aromatic rings. The Bertz CT molecular complexity index is 332. The van der Waals surface area contributed by atoms with E-state index < -0.39 is 0 Å². The molecular weight excluding hydrogens is 198 g/mol. The van der Waals surface area contributed by atoms with E-state index in [9.17, 15) is 0 Å². The fraction of sp³-hybridized carbons (Fsp3) is 0.615. The van der Waals surface area contributed by atoms with E-state index in [2.05, 4.69) is 41.2 Å². The molecule has 0 saturated carbocycles. The van der Waals surface area contributed by atoms with Gasteiger partial charge in [-0.05, 0) is 38.4 Å². The lowest BCUT2D eigenvalue weighted by atomic mass is 10.1. The second kappa shape index (κ2) is 5.30. The van der Waals surface area contributed by atoms with Crippen LogP contribution < -0.4 is 10.2 Å². The zero-order valence-corrected chi connectivity index (χ0v) is 10.2. The molecule has 16 heavy (non-hydrogen) atoms. The van der Waals surface area contributed by atoms with E-state index in [0.29, 0.717) is 6.04 Å². The molecule has 1 aliphatic rings. The fourth-order valence-electron chi connectivity index (χ4n) is 2.38. The summed E-state index contributed by atoms with van der Waals surface area (Å²) >= 11 is 0. The van der Waals surface area contributed by atoms with Gasteiger partial charge in [0.25, 0.3) is 0 Å². The third-order valence-corrected chi connectivity index (χ3v) is 3.15. The molecule has 1 fully saturated rings. The first kappa shape index (κ1) is 11.4. The first-order chi connectivity index (χ1) is 7.81. The first-order valence-corrected chi connectivity index (χ1v) is 6.21. The summed E-state index contributed by atoms with van der Waals surface area (Å²) in [6.07, 6.45) is 4.36. The second-order valence-electron chi connectivity index (χ2n) is 4.50. The molecule has 2 rings (SSSR count). The molecule has 0 radical (unpaired) electrons. The topological polar surface area (TPSA) is 28.2 Å². The highest BCUT2D eigenvalue weighted by Crippen LogP contribution is 2.20. The molecule has 3 heteroatoms. The van der Waals surface area contributed by atoms with E-state index in [-0.39, 0.29) is 0 Å². The van der Waals surface area contributed by atoms with E-state index in [1.165, 1.54) is 18.5 Å². The number of pyridine rings is 1. The summed E-state index contributed by atoms with van der Waals surface area (Å²) in [6.45, 7) is 7.69. The Morgan fingerprint density at radius 2 is 2.44 bits per heavy atom. The average Bonchev–Trinajstić information content (AvgIpc) is 2.79. The molecule has 1 aromatic heterocycles.